The van der Waals surface area contributed by atoms with Crippen molar-refractivity contribution in [3.8, 4) is 10.6 Å². The van der Waals surface area contributed by atoms with Crippen LogP contribution in [0.4, 0.5) is 0 Å². The van der Waals surface area contributed by atoms with Crippen LogP contribution in [-0.4, -0.2) is 10.2 Å². The van der Waals surface area contributed by atoms with Gasteiger partial charge in [0.2, 0.25) is 0 Å². The third kappa shape index (κ3) is 3.29. The first-order valence-corrected chi connectivity index (χ1v) is 8.55. The van der Waals surface area contributed by atoms with Crippen LogP contribution >= 0.6 is 50.5 Å². The minimum absolute atomic E-state index is 0.302. The Morgan fingerprint density at radius 1 is 1.05 bits per heavy atom. The van der Waals surface area contributed by atoms with Crippen LogP contribution < -0.4 is 0 Å². The fraction of sp³-hybridized carbons (Fsp3) is 0.0667. The Kier molecular flexibility index (Phi) is 4.60. The lowest BCUT2D eigenvalue weighted by Gasteiger charge is -2.04. The molecule has 0 fully saturated rings. The topological polar surface area (TPSA) is 25.8 Å². The second-order valence-corrected chi connectivity index (χ2v) is 7.11. The summed E-state index contributed by atoms with van der Waals surface area (Å²) in [6, 6.07) is 15.5. The highest BCUT2D eigenvalue weighted by Gasteiger charge is 2.18. The Balaban J connectivity index is 1.95. The van der Waals surface area contributed by atoms with E-state index in [1.165, 1.54) is 11.3 Å². The second kappa shape index (κ2) is 6.44. The Morgan fingerprint density at radius 3 is 2.57 bits per heavy atom. The highest BCUT2D eigenvalue weighted by molar-refractivity contribution is 9.10. The van der Waals surface area contributed by atoms with Gasteiger partial charge in [-0.1, -0.05) is 69.2 Å². The van der Waals surface area contributed by atoms with Crippen LogP contribution in [0.2, 0.25) is 5.02 Å². The van der Waals surface area contributed by atoms with Crippen LogP contribution in [0.15, 0.2) is 53.0 Å². The van der Waals surface area contributed by atoms with Gasteiger partial charge in [0.25, 0.3) is 0 Å². The van der Waals surface area contributed by atoms with Crippen molar-refractivity contribution in [3.05, 3.63) is 68.6 Å². The summed E-state index contributed by atoms with van der Waals surface area (Å²) in [5.74, 6) is 0. The van der Waals surface area contributed by atoms with Crippen molar-refractivity contribution in [3.63, 3.8) is 0 Å². The third-order valence-corrected chi connectivity index (χ3v) is 5.34. The van der Waals surface area contributed by atoms with Gasteiger partial charge in [0.05, 0.1) is 5.02 Å². The van der Waals surface area contributed by atoms with Crippen molar-refractivity contribution in [2.24, 2.45) is 0 Å². The summed E-state index contributed by atoms with van der Waals surface area (Å²) in [5.41, 5.74) is 1.86. The molecule has 0 aliphatic rings. The lowest BCUT2D eigenvalue weighted by Crippen LogP contribution is -1.91. The van der Waals surface area contributed by atoms with E-state index in [2.05, 4.69) is 26.1 Å². The van der Waals surface area contributed by atoms with Crippen molar-refractivity contribution in [2.45, 2.75) is 5.38 Å². The molecule has 0 aliphatic carbocycles. The molecule has 1 atom stereocenters. The zero-order valence-electron chi connectivity index (χ0n) is 10.6. The number of aromatic nitrogens is 2. The predicted molar refractivity (Wildman–Crippen MR) is 92.2 cm³/mol. The molecule has 0 aliphatic heterocycles. The maximum atomic E-state index is 6.47. The molecule has 0 radical (unpaired) electrons. The van der Waals surface area contributed by atoms with E-state index < -0.39 is 0 Å². The number of hydrogen-bond donors (Lipinski definition) is 0. The summed E-state index contributed by atoms with van der Waals surface area (Å²) < 4.78 is 0.948. The molecule has 106 valence electrons. The molecule has 1 heterocycles. The molecule has 1 unspecified atom stereocenters. The van der Waals surface area contributed by atoms with Gasteiger partial charge in [-0.15, -0.1) is 21.8 Å². The monoisotopic (exact) mass is 398 g/mol. The number of rotatable bonds is 3. The molecular formula is C15H9BrCl2N2S. The van der Waals surface area contributed by atoms with Gasteiger partial charge in [-0.3, -0.25) is 0 Å². The van der Waals surface area contributed by atoms with Gasteiger partial charge in [-0.25, -0.2) is 0 Å². The lowest BCUT2D eigenvalue weighted by molar-refractivity contribution is 0.988. The molecule has 2 aromatic carbocycles. The van der Waals surface area contributed by atoms with E-state index in [1.54, 1.807) is 0 Å². The van der Waals surface area contributed by atoms with Gasteiger partial charge >= 0.3 is 0 Å². The van der Waals surface area contributed by atoms with Crippen LogP contribution in [0.25, 0.3) is 10.6 Å². The van der Waals surface area contributed by atoms with Gasteiger partial charge in [0.1, 0.15) is 15.4 Å². The summed E-state index contributed by atoms with van der Waals surface area (Å²) in [5, 5.41) is 10.3. The van der Waals surface area contributed by atoms with Gasteiger partial charge in [0, 0.05) is 10.0 Å². The largest absolute Gasteiger partial charge is 0.149 e. The molecule has 0 saturated heterocycles. The van der Waals surface area contributed by atoms with Crippen LogP contribution in [-0.2, 0) is 0 Å². The first-order valence-electron chi connectivity index (χ1n) is 6.13. The number of hydrogen-bond acceptors (Lipinski definition) is 3. The fourth-order valence-electron chi connectivity index (χ4n) is 1.87. The first kappa shape index (κ1) is 15.0. The molecule has 0 spiro atoms. The third-order valence-electron chi connectivity index (χ3n) is 2.91. The van der Waals surface area contributed by atoms with Gasteiger partial charge in [-0.2, -0.15) is 0 Å². The molecule has 3 rings (SSSR count). The van der Waals surface area contributed by atoms with Gasteiger partial charge in [-0.05, 0) is 23.8 Å². The normalized spacial score (nSPS) is 12.3. The molecule has 3 aromatic rings. The Hall–Kier alpha value is -0.940. The van der Waals surface area contributed by atoms with E-state index >= 15 is 0 Å². The summed E-state index contributed by atoms with van der Waals surface area (Å²) in [7, 11) is 0. The van der Waals surface area contributed by atoms with E-state index in [-0.39, 0.29) is 5.38 Å². The molecule has 0 bridgehead atoms. The van der Waals surface area contributed by atoms with Crippen molar-refractivity contribution in [1.29, 1.82) is 0 Å². The molecule has 0 amide bonds. The van der Waals surface area contributed by atoms with E-state index in [0.29, 0.717) is 5.02 Å². The fourth-order valence-corrected chi connectivity index (χ4v) is 3.70. The average molecular weight is 400 g/mol. The van der Waals surface area contributed by atoms with E-state index in [0.717, 1.165) is 25.6 Å². The van der Waals surface area contributed by atoms with Crippen LogP contribution in [0, 0.1) is 0 Å². The van der Waals surface area contributed by atoms with Crippen molar-refractivity contribution < 1.29 is 0 Å². The molecular weight excluding hydrogens is 391 g/mol. The number of alkyl halides is 1. The smallest absolute Gasteiger partial charge is 0.141 e. The van der Waals surface area contributed by atoms with Gasteiger partial charge < -0.3 is 0 Å². The molecule has 0 N–H and O–H groups in total. The number of nitrogens with zero attached hydrogens (tertiary/aromatic N) is 2. The summed E-state index contributed by atoms with van der Waals surface area (Å²) in [6.45, 7) is 0. The van der Waals surface area contributed by atoms with Crippen molar-refractivity contribution in [1.82, 2.24) is 10.2 Å². The minimum atomic E-state index is -0.302. The van der Waals surface area contributed by atoms with Crippen LogP contribution in [0.3, 0.4) is 0 Å². The Morgan fingerprint density at radius 2 is 1.81 bits per heavy atom. The van der Waals surface area contributed by atoms with E-state index in [4.69, 9.17) is 23.2 Å². The van der Waals surface area contributed by atoms with Gasteiger partial charge in [0.15, 0.2) is 0 Å². The first-order chi connectivity index (χ1) is 10.1. The summed E-state index contributed by atoms with van der Waals surface area (Å²) in [6.07, 6.45) is 0. The maximum absolute atomic E-state index is 6.47. The average Bonchev–Trinajstić information content (AvgIpc) is 2.99. The van der Waals surface area contributed by atoms with Crippen molar-refractivity contribution >= 4 is 50.5 Å². The standard InChI is InChI=1S/C15H9BrCl2N2S/c16-10-6-7-12(17)11(8-10)14-19-20-15(21-14)13(18)9-4-2-1-3-5-9/h1-8,13H. The van der Waals surface area contributed by atoms with Crippen molar-refractivity contribution in [2.75, 3.05) is 0 Å². The second-order valence-electron chi connectivity index (χ2n) is 4.34. The highest BCUT2D eigenvalue weighted by Crippen LogP contribution is 2.37. The summed E-state index contributed by atoms with van der Waals surface area (Å²) in [4.78, 5) is 0. The maximum Gasteiger partial charge on any atom is 0.149 e. The van der Waals surface area contributed by atoms with E-state index in [9.17, 15) is 0 Å². The molecule has 1 aromatic heterocycles. The highest BCUT2D eigenvalue weighted by atomic mass is 79.9. The van der Waals surface area contributed by atoms with E-state index in [1.807, 2.05) is 48.5 Å². The quantitative estimate of drug-likeness (QED) is 0.508. The number of halogens is 3. The lowest BCUT2D eigenvalue weighted by atomic mass is 10.1. The molecule has 2 nitrogen and oxygen atoms in total. The Labute approximate surface area is 144 Å². The van der Waals surface area contributed by atoms with Crippen LogP contribution in [0.5, 0.6) is 0 Å². The van der Waals surface area contributed by atoms with Crippen LogP contribution in [0.1, 0.15) is 15.9 Å². The molecule has 6 heteroatoms. The molecule has 21 heavy (non-hydrogen) atoms. The Bertz CT molecular complexity index is 761. The summed E-state index contributed by atoms with van der Waals surface area (Å²) >= 11 is 17.6. The zero-order chi connectivity index (χ0) is 14.8. The minimum Gasteiger partial charge on any atom is -0.141 e. The number of benzene rings is 2. The zero-order valence-corrected chi connectivity index (χ0v) is 14.5. The molecule has 0 saturated carbocycles. The SMILES string of the molecule is Clc1ccc(Br)cc1-c1nnc(C(Cl)c2ccccc2)s1. The predicted octanol–water partition coefficient (Wildman–Crippen LogP) is 5.95.